The molecule has 2 unspecified atom stereocenters. The van der Waals surface area contributed by atoms with Gasteiger partial charge in [-0.2, -0.15) is 0 Å². The van der Waals surface area contributed by atoms with Crippen molar-refractivity contribution >= 4 is 27.7 Å². The lowest BCUT2D eigenvalue weighted by molar-refractivity contribution is 0.463. The third-order valence-corrected chi connectivity index (χ3v) is 5.80. The van der Waals surface area contributed by atoms with Crippen molar-refractivity contribution in [3.8, 4) is 0 Å². The molecule has 1 aliphatic rings. The van der Waals surface area contributed by atoms with Crippen molar-refractivity contribution in [3.63, 3.8) is 0 Å². The first kappa shape index (κ1) is 15.1. The van der Waals surface area contributed by atoms with Gasteiger partial charge in [-0.1, -0.05) is 53.2 Å². The van der Waals surface area contributed by atoms with Gasteiger partial charge in [0.2, 0.25) is 0 Å². The van der Waals surface area contributed by atoms with Crippen LogP contribution in [0, 0.1) is 0 Å². The number of rotatable bonds is 5. The van der Waals surface area contributed by atoms with Gasteiger partial charge in [0.1, 0.15) is 0 Å². The Balaban J connectivity index is 1.80. The Bertz CT molecular complexity index is 596. The average molecular weight is 362 g/mol. The van der Waals surface area contributed by atoms with E-state index in [2.05, 4.69) is 76.7 Å². The van der Waals surface area contributed by atoms with Crippen LogP contribution in [0.1, 0.15) is 24.0 Å². The minimum atomic E-state index is 0.507. The fraction of sp³-hybridized carbons (Fsp3) is 0.333. The molecule has 3 heteroatoms. The molecule has 1 N–H and O–H groups in total. The number of hydrogen-bond donors (Lipinski definition) is 1. The predicted octanol–water partition coefficient (Wildman–Crippen LogP) is 4.86. The normalized spacial score (nSPS) is 18.5. The van der Waals surface area contributed by atoms with Crippen LogP contribution in [0.4, 0.5) is 0 Å². The van der Waals surface area contributed by atoms with Gasteiger partial charge >= 0.3 is 0 Å². The maximum absolute atomic E-state index is 3.70. The van der Waals surface area contributed by atoms with Gasteiger partial charge in [0.15, 0.2) is 0 Å². The van der Waals surface area contributed by atoms with E-state index in [1.54, 1.807) is 0 Å². The highest BCUT2D eigenvalue weighted by molar-refractivity contribution is 9.10. The molecule has 0 fully saturated rings. The first-order chi connectivity index (χ1) is 10.3. The molecule has 21 heavy (non-hydrogen) atoms. The smallest absolute Gasteiger partial charge is 0.0184 e. The monoisotopic (exact) mass is 361 g/mol. The van der Waals surface area contributed by atoms with Crippen LogP contribution in [0.2, 0.25) is 0 Å². The summed E-state index contributed by atoms with van der Waals surface area (Å²) < 4.78 is 1.15. The summed E-state index contributed by atoms with van der Waals surface area (Å²) in [5.41, 5.74) is 2.92. The van der Waals surface area contributed by atoms with Crippen LogP contribution >= 0.6 is 27.7 Å². The molecule has 0 spiro atoms. The van der Waals surface area contributed by atoms with Crippen molar-refractivity contribution in [2.24, 2.45) is 0 Å². The molecular weight excluding hydrogens is 342 g/mol. The second-order valence-corrected chi connectivity index (χ2v) is 7.43. The number of nitrogens with one attached hydrogen (secondary N) is 1. The summed E-state index contributed by atoms with van der Waals surface area (Å²) in [5.74, 6) is 1.79. The zero-order valence-electron chi connectivity index (χ0n) is 12.2. The van der Waals surface area contributed by atoms with Gasteiger partial charge in [0.25, 0.3) is 0 Å². The number of likely N-dealkylation sites (N-methyl/N-ethyl adjacent to an activating group) is 1. The lowest BCUT2D eigenvalue weighted by atomic mass is 9.89. The van der Waals surface area contributed by atoms with Gasteiger partial charge in [-0.15, -0.1) is 11.8 Å². The zero-order chi connectivity index (χ0) is 14.7. The Morgan fingerprint density at radius 1 is 1.19 bits per heavy atom. The number of fused-ring (bicyclic) bond motifs is 1. The predicted molar refractivity (Wildman–Crippen MR) is 95.2 cm³/mol. The van der Waals surface area contributed by atoms with Crippen molar-refractivity contribution in [2.75, 3.05) is 12.3 Å². The molecule has 0 radical (unpaired) electrons. The van der Waals surface area contributed by atoms with E-state index in [4.69, 9.17) is 0 Å². The lowest BCUT2D eigenvalue weighted by Gasteiger charge is -2.25. The van der Waals surface area contributed by atoms with Crippen molar-refractivity contribution < 1.29 is 0 Å². The molecule has 0 aliphatic carbocycles. The summed E-state index contributed by atoms with van der Waals surface area (Å²) in [4.78, 5) is 1.46. The molecule has 3 rings (SSSR count). The molecule has 1 aliphatic heterocycles. The van der Waals surface area contributed by atoms with Gasteiger partial charge in [0.05, 0.1) is 0 Å². The number of benzene rings is 2. The van der Waals surface area contributed by atoms with Gasteiger partial charge in [-0.05, 0) is 42.3 Å². The van der Waals surface area contributed by atoms with Crippen LogP contribution in [0.5, 0.6) is 0 Å². The zero-order valence-corrected chi connectivity index (χ0v) is 14.6. The Kier molecular flexibility index (Phi) is 5.04. The minimum absolute atomic E-state index is 0.507. The fourth-order valence-corrected chi connectivity index (χ4v) is 4.61. The quantitative estimate of drug-likeness (QED) is 0.815. The first-order valence-corrected chi connectivity index (χ1v) is 9.25. The number of thioether (sulfide) groups is 1. The van der Waals surface area contributed by atoms with E-state index in [9.17, 15) is 0 Å². The topological polar surface area (TPSA) is 12.0 Å². The van der Waals surface area contributed by atoms with Crippen LogP contribution < -0.4 is 5.32 Å². The van der Waals surface area contributed by atoms with Gasteiger partial charge in [-0.3, -0.25) is 0 Å². The van der Waals surface area contributed by atoms with E-state index in [1.807, 2.05) is 11.8 Å². The largest absolute Gasteiger partial charge is 0.313 e. The second kappa shape index (κ2) is 6.99. The van der Waals surface area contributed by atoms with Crippen LogP contribution in [0.15, 0.2) is 57.9 Å². The molecule has 0 aromatic heterocycles. The Hall–Kier alpha value is -0.770. The van der Waals surface area contributed by atoms with E-state index >= 15 is 0 Å². The fourth-order valence-electron chi connectivity index (χ4n) is 3.01. The maximum Gasteiger partial charge on any atom is 0.0184 e. The van der Waals surface area contributed by atoms with Crippen LogP contribution in [0.25, 0.3) is 0 Å². The van der Waals surface area contributed by atoms with Crippen LogP contribution in [0.3, 0.4) is 0 Å². The number of halogens is 1. The molecule has 2 aromatic rings. The molecule has 0 bridgehead atoms. The van der Waals surface area contributed by atoms with Gasteiger partial charge in [0, 0.05) is 27.1 Å². The molecule has 2 aromatic carbocycles. The molecule has 1 nitrogen and oxygen atoms in total. The van der Waals surface area contributed by atoms with E-state index in [1.165, 1.54) is 21.8 Å². The summed E-state index contributed by atoms with van der Waals surface area (Å²) in [6.45, 7) is 3.22. The summed E-state index contributed by atoms with van der Waals surface area (Å²) in [5, 5.41) is 3.70. The van der Waals surface area contributed by atoms with Crippen molar-refractivity contribution in [2.45, 2.75) is 30.2 Å². The molecule has 0 saturated heterocycles. The van der Waals surface area contributed by atoms with Crippen LogP contribution in [-0.4, -0.2) is 18.3 Å². The molecule has 1 heterocycles. The van der Waals surface area contributed by atoms with Crippen molar-refractivity contribution in [3.05, 3.63) is 64.1 Å². The summed E-state index contributed by atoms with van der Waals surface area (Å²) in [6, 6.07) is 18.1. The Labute approximate surface area is 139 Å². The third-order valence-electron chi connectivity index (χ3n) is 4.06. The SMILES string of the molecule is CCNC(Cc1ccc(Br)cc1)C1CSc2ccccc21. The van der Waals surface area contributed by atoms with E-state index in [0.29, 0.717) is 12.0 Å². The lowest BCUT2D eigenvalue weighted by Crippen LogP contribution is -2.37. The summed E-state index contributed by atoms with van der Waals surface area (Å²) in [6.07, 6.45) is 1.08. The van der Waals surface area contributed by atoms with Gasteiger partial charge in [-0.25, -0.2) is 0 Å². The second-order valence-electron chi connectivity index (χ2n) is 5.45. The first-order valence-electron chi connectivity index (χ1n) is 7.47. The summed E-state index contributed by atoms with van der Waals surface area (Å²) >= 11 is 5.51. The molecule has 2 atom stereocenters. The average Bonchev–Trinajstić information content (AvgIpc) is 2.93. The van der Waals surface area contributed by atoms with Crippen molar-refractivity contribution in [1.82, 2.24) is 5.32 Å². The molecule has 110 valence electrons. The standard InChI is InChI=1S/C18H20BrNS/c1-2-20-17(11-13-7-9-14(19)10-8-13)16-12-21-18-6-4-3-5-15(16)18/h3-10,16-17,20H,2,11-12H2,1H3. The van der Waals surface area contributed by atoms with Gasteiger partial charge < -0.3 is 5.32 Å². The number of hydrogen-bond acceptors (Lipinski definition) is 2. The van der Waals surface area contributed by atoms with E-state index in [-0.39, 0.29) is 0 Å². The highest BCUT2D eigenvalue weighted by atomic mass is 79.9. The molecule has 0 saturated carbocycles. The maximum atomic E-state index is 3.70. The Morgan fingerprint density at radius 3 is 2.71 bits per heavy atom. The minimum Gasteiger partial charge on any atom is -0.313 e. The highest BCUT2D eigenvalue weighted by Crippen LogP contribution is 2.41. The summed E-state index contributed by atoms with van der Waals surface area (Å²) in [7, 11) is 0. The molecule has 0 amide bonds. The highest BCUT2D eigenvalue weighted by Gasteiger charge is 2.29. The Morgan fingerprint density at radius 2 is 1.95 bits per heavy atom. The van der Waals surface area contributed by atoms with E-state index < -0.39 is 0 Å². The van der Waals surface area contributed by atoms with Crippen molar-refractivity contribution in [1.29, 1.82) is 0 Å². The van der Waals surface area contributed by atoms with Crippen LogP contribution in [-0.2, 0) is 6.42 Å². The third kappa shape index (κ3) is 3.53. The van der Waals surface area contributed by atoms with E-state index in [0.717, 1.165) is 17.4 Å². The molecular formula is C18H20BrNS.